The highest BCUT2D eigenvalue weighted by molar-refractivity contribution is 14.0. The van der Waals surface area contributed by atoms with Crippen molar-refractivity contribution in [2.75, 3.05) is 52.6 Å². The maximum absolute atomic E-state index is 12.8. The van der Waals surface area contributed by atoms with Gasteiger partial charge in [-0.3, -0.25) is 4.99 Å². The van der Waals surface area contributed by atoms with E-state index in [4.69, 9.17) is 4.74 Å². The van der Waals surface area contributed by atoms with Gasteiger partial charge in [0.1, 0.15) is 5.82 Å². The minimum absolute atomic E-state index is 0. The van der Waals surface area contributed by atoms with Crippen LogP contribution in [-0.2, 0) is 4.74 Å². The van der Waals surface area contributed by atoms with E-state index in [9.17, 15) is 4.39 Å². The molecule has 1 aliphatic rings. The number of hydrogen-bond donors (Lipinski definition) is 2. The standard InChI is InChI=1S/C17H27FN4OS.HI/c1-19-17(21-12-15-13-22(2)9-10-23-15)20-8-3-11-24-16-6-4-14(18)5-7-16;/h4-7,15H,3,8-13H2,1-2H3,(H2,19,20,21);1H. The number of likely N-dealkylation sites (N-methyl/N-ethyl adjacent to an activating group) is 1. The second-order valence-corrected chi connectivity index (χ2v) is 6.96. The zero-order chi connectivity index (χ0) is 17.2. The van der Waals surface area contributed by atoms with E-state index in [1.165, 1.54) is 12.1 Å². The van der Waals surface area contributed by atoms with Crippen LogP contribution < -0.4 is 10.6 Å². The summed E-state index contributed by atoms with van der Waals surface area (Å²) < 4.78 is 18.6. The molecule has 0 amide bonds. The van der Waals surface area contributed by atoms with Gasteiger partial charge in [-0.15, -0.1) is 35.7 Å². The van der Waals surface area contributed by atoms with Crippen molar-refractivity contribution in [3.8, 4) is 0 Å². The molecule has 1 aliphatic heterocycles. The molecule has 0 saturated carbocycles. The van der Waals surface area contributed by atoms with E-state index >= 15 is 0 Å². The van der Waals surface area contributed by atoms with Gasteiger partial charge >= 0.3 is 0 Å². The van der Waals surface area contributed by atoms with Crippen molar-refractivity contribution in [1.82, 2.24) is 15.5 Å². The molecule has 2 N–H and O–H groups in total. The van der Waals surface area contributed by atoms with Gasteiger partial charge in [0.15, 0.2) is 5.96 Å². The summed E-state index contributed by atoms with van der Waals surface area (Å²) in [6, 6.07) is 6.62. The molecule has 142 valence electrons. The van der Waals surface area contributed by atoms with Crippen molar-refractivity contribution < 1.29 is 9.13 Å². The number of hydrogen-bond acceptors (Lipinski definition) is 4. The molecule has 2 rings (SSSR count). The first kappa shape index (κ1) is 22.5. The van der Waals surface area contributed by atoms with Crippen LogP contribution >= 0.6 is 35.7 Å². The lowest BCUT2D eigenvalue weighted by molar-refractivity contribution is -0.0161. The van der Waals surface area contributed by atoms with Gasteiger partial charge in [-0.1, -0.05) is 0 Å². The highest BCUT2D eigenvalue weighted by atomic mass is 127. The zero-order valence-corrected chi connectivity index (χ0v) is 18.0. The smallest absolute Gasteiger partial charge is 0.191 e. The van der Waals surface area contributed by atoms with E-state index < -0.39 is 0 Å². The van der Waals surface area contributed by atoms with E-state index in [1.54, 1.807) is 18.8 Å². The largest absolute Gasteiger partial charge is 0.374 e. The van der Waals surface area contributed by atoms with Crippen LogP contribution in [0, 0.1) is 5.82 Å². The molecule has 0 bridgehead atoms. The monoisotopic (exact) mass is 482 g/mol. The Balaban J connectivity index is 0.00000312. The lowest BCUT2D eigenvalue weighted by Gasteiger charge is -2.30. The van der Waals surface area contributed by atoms with E-state index in [1.807, 2.05) is 12.1 Å². The summed E-state index contributed by atoms with van der Waals surface area (Å²) >= 11 is 1.73. The summed E-state index contributed by atoms with van der Waals surface area (Å²) in [7, 11) is 3.89. The highest BCUT2D eigenvalue weighted by Crippen LogP contribution is 2.18. The summed E-state index contributed by atoms with van der Waals surface area (Å²) in [6.07, 6.45) is 1.21. The molecular weight excluding hydrogens is 454 g/mol. The summed E-state index contributed by atoms with van der Waals surface area (Å²) in [5.74, 6) is 1.59. The summed E-state index contributed by atoms with van der Waals surface area (Å²) in [4.78, 5) is 7.61. The number of guanidine groups is 1. The molecule has 1 unspecified atom stereocenters. The Kier molecular flexibility index (Phi) is 11.4. The molecule has 1 fully saturated rings. The number of rotatable bonds is 7. The molecule has 5 nitrogen and oxygen atoms in total. The van der Waals surface area contributed by atoms with Crippen molar-refractivity contribution in [2.24, 2.45) is 4.99 Å². The zero-order valence-electron chi connectivity index (χ0n) is 14.8. The van der Waals surface area contributed by atoms with E-state index in [0.717, 1.165) is 55.8 Å². The van der Waals surface area contributed by atoms with Crippen molar-refractivity contribution in [1.29, 1.82) is 0 Å². The summed E-state index contributed by atoms with van der Waals surface area (Å²) in [5.41, 5.74) is 0. The molecular formula is C17H28FIN4OS. The van der Waals surface area contributed by atoms with Crippen molar-refractivity contribution >= 4 is 41.7 Å². The lowest BCUT2D eigenvalue weighted by Crippen LogP contribution is -2.48. The molecule has 0 spiro atoms. The van der Waals surface area contributed by atoms with Gasteiger partial charge < -0.3 is 20.3 Å². The van der Waals surface area contributed by atoms with Crippen molar-refractivity contribution in [3.05, 3.63) is 30.1 Å². The summed E-state index contributed by atoms with van der Waals surface area (Å²) in [5, 5.41) is 6.63. The fraction of sp³-hybridized carbons (Fsp3) is 0.588. The fourth-order valence-corrected chi connectivity index (χ4v) is 3.27. The molecule has 1 aromatic rings. The molecule has 1 atom stereocenters. The van der Waals surface area contributed by atoms with Crippen LogP contribution in [0.5, 0.6) is 0 Å². The van der Waals surface area contributed by atoms with Gasteiger partial charge in [-0.05, 0) is 43.5 Å². The molecule has 1 aromatic carbocycles. The Morgan fingerprint density at radius 1 is 1.36 bits per heavy atom. The Morgan fingerprint density at radius 2 is 2.12 bits per heavy atom. The Morgan fingerprint density at radius 3 is 2.80 bits per heavy atom. The Labute approximate surface area is 171 Å². The van der Waals surface area contributed by atoms with Crippen LogP contribution in [0.2, 0.25) is 0 Å². The molecule has 8 heteroatoms. The number of aliphatic imine (C=N–C) groups is 1. The number of benzene rings is 1. The quantitative estimate of drug-likeness (QED) is 0.206. The third kappa shape index (κ3) is 9.07. The Hall–Kier alpha value is -0.580. The van der Waals surface area contributed by atoms with Gasteiger partial charge in [-0.2, -0.15) is 0 Å². The first-order chi connectivity index (χ1) is 11.7. The van der Waals surface area contributed by atoms with E-state index in [2.05, 4.69) is 27.6 Å². The molecule has 1 heterocycles. The first-order valence-electron chi connectivity index (χ1n) is 8.30. The fourth-order valence-electron chi connectivity index (χ4n) is 2.42. The van der Waals surface area contributed by atoms with Crippen LogP contribution in [0.4, 0.5) is 4.39 Å². The lowest BCUT2D eigenvalue weighted by atomic mass is 10.3. The maximum atomic E-state index is 12.8. The molecule has 25 heavy (non-hydrogen) atoms. The van der Waals surface area contributed by atoms with Crippen molar-refractivity contribution in [2.45, 2.75) is 17.4 Å². The maximum Gasteiger partial charge on any atom is 0.191 e. The second-order valence-electron chi connectivity index (χ2n) is 5.79. The molecule has 0 radical (unpaired) electrons. The first-order valence-corrected chi connectivity index (χ1v) is 9.29. The molecule has 0 aromatic heterocycles. The van der Waals surface area contributed by atoms with Crippen molar-refractivity contribution in [3.63, 3.8) is 0 Å². The molecule has 0 aliphatic carbocycles. The number of nitrogens with one attached hydrogen (secondary N) is 2. The van der Waals surface area contributed by atoms with Crippen LogP contribution in [0.15, 0.2) is 34.2 Å². The van der Waals surface area contributed by atoms with Crippen LogP contribution in [-0.4, -0.2) is 69.6 Å². The summed E-state index contributed by atoms with van der Waals surface area (Å²) in [6.45, 7) is 4.33. The molecule has 1 saturated heterocycles. The second kappa shape index (κ2) is 12.7. The van der Waals surface area contributed by atoms with Crippen LogP contribution in [0.3, 0.4) is 0 Å². The minimum atomic E-state index is -0.191. The SMILES string of the molecule is CN=C(NCCCSc1ccc(F)cc1)NCC1CN(C)CCO1.I. The minimum Gasteiger partial charge on any atom is -0.374 e. The Bertz CT molecular complexity index is 518. The predicted molar refractivity (Wildman–Crippen MR) is 114 cm³/mol. The predicted octanol–water partition coefficient (Wildman–Crippen LogP) is 2.42. The number of thioether (sulfide) groups is 1. The van der Waals surface area contributed by atoms with Gasteiger partial charge in [0.2, 0.25) is 0 Å². The third-order valence-corrected chi connectivity index (χ3v) is 4.86. The van der Waals surface area contributed by atoms with E-state index in [-0.39, 0.29) is 35.9 Å². The number of nitrogens with zero attached hydrogens (tertiary/aromatic N) is 2. The average Bonchev–Trinajstić information content (AvgIpc) is 2.59. The number of morpholine rings is 1. The van der Waals surface area contributed by atoms with Gasteiger partial charge in [0.05, 0.1) is 12.7 Å². The topological polar surface area (TPSA) is 48.9 Å². The van der Waals surface area contributed by atoms with Crippen LogP contribution in [0.1, 0.15) is 6.42 Å². The van der Waals surface area contributed by atoms with Gasteiger partial charge in [-0.25, -0.2) is 4.39 Å². The van der Waals surface area contributed by atoms with E-state index in [0.29, 0.717) is 0 Å². The number of halogens is 2. The van der Waals surface area contributed by atoms with Crippen LogP contribution in [0.25, 0.3) is 0 Å². The average molecular weight is 482 g/mol. The normalized spacial score (nSPS) is 18.5. The van der Waals surface area contributed by atoms with Gasteiger partial charge in [0.25, 0.3) is 0 Å². The number of ether oxygens (including phenoxy) is 1. The highest BCUT2D eigenvalue weighted by Gasteiger charge is 2.17. The van der Waals surface area contributed by atoms with Gasteiger partial charge in [0, 0.05) is 38.1 Å². The third-order valence-electron chi connectivity index (χ3n) is 3.76.